The lowest BCUT2D eigenvalue weighted by Crippen LogP contribution is -2.42. The average Bonchev–Trinajstić information content (AvgIpc) is 1.62. The first-order chi connectivity index (χ1) is 62.0. The second kappa shape index (κ2) is 42.0. The first-order valence-corrected chi connectivity index (χ1v) is 44.3. The highest BCUT2D eigenvalue weighted by molar-refractivity contribution is 6.32. The van der Waals surface area contributed by atoms with Gasteiger partial charge in [-0.2, -0.15) is 0 Å². The van der Waals surface area contributed by atoms with Crippen LogP contribution in [0.5, 0.6) is 57.5 Å². The average molecular weight is 1790 g/mol. The maximum Gasteiger partial charge on any atom is 0.416 e. The van der Waals surface area contributed by atoms with E-state index in [1.54, 1.807) is 67.4 Å². The number of rotatable bonds is 25. The van der Waals surface area contributed by atoms with E-state index in [0.717, 1.165) is 207 Å². The zero-order valence-electron chi connectivity index (χ0n) is 71.9. The van der Waals surface area contributed by atoms with Gasteiger partial charge < -0.3 is 76.5 Å². The minimum atomic E-state index is -0.531. The molecule has 0 radical (unpaired) electrons. The number of methoxy groups -OCH3 is 4. The van der Waals surface area contributed by atoms with Crippen molar-refractivity contribution < 1.29 is 80.4 Å². The van der Waals surface area contributed by atoms with Crippen LogP contribution in [0, 0.1) is 12.7 Å². The topological polar surface area (TPSA) is 238 Å². The summed E-state index contributed by atoms with van der Waals surface area (Å²) >= 11 is 19.1. The third-order valence-electron chi connectivity index (χ3n) is 23.9. The summed E-state index contributed by atoms with van der Waals surface area (Å²) in [5.74, 6) is 5.31. The number of H-pyrrole nitrogens is 3. The number of hydrogen-bond donors (Lipinski definition) is 3. The zero-order chi connectivity index (χ0) is 87.9. The van der Waals surface area contributed by atoms with E-state index in [2.05, 4.69) is 29.7 Å². The number of aromatic nitrogens is 3. The molecule has 0 saturated carbocycles. The van der Waals surface area contributed by atoms with Crippen LogP contribution < -0.4 is 47.4 Å². The van der Waals surface area contributed by atoms with Gasteiger partial charge >= 0.3 is 18.3 Å². The maximum absolute atomic E-state index is 13.7. The molecular weight excluding hydrogens is 1680 g/mol. The van der Waals surface area contributed by atoms with Gasteiger partial charge in [-0.15, -0.1) is 0 Å². The third kappa shape index (κ3) is 21.4. The van der Waals surface area contributed by atoms with E-state index in [4.69, 9.17) is 96.4 Å². The predicted octanol–water partition coefficient (Wildman–Crippen LogP) is 18.7. The molecule has 12 aromatic rings. The fourth-order valence-electron chi connectivity index (χ4n) is 17.4. The molecule has 0 bridgehead atoms. The Bertz CT molecular complexity index is 5550. The number of ether oxygens (including phenoxy) is 13. The van der Waals surface area contributed by atoms with Crippen LogP contribution in [0.4, 0.5) is 18.8 Å². The summed E-state index contributed by atoms with van der Waals surface area (Å²) in [4.78, 5) is 63.9. The molecule has 0 spiro atoms. The fraction of sp³-hybridized carbons (Fsp3) is 0.357. The molecule has 127 heavy (non-hydrogen) atoms. The lowest BCUT2D eigenvalue weighted by Gasteiger charge is -2.35. The van der Waals surface area contributed by atoms with Crippen LogP contribution in [0.25, 0.3) is 32.7 Å². The van der Waals surface area contributed by atoms with Gasteiger partial charge in [-0.3, -0.25) is 29.4 Å². The number of carbonyl (C=O) groups excluding carboxylic acids is 3. The zero-order valence-corrected chi connectivity index (χ0v) is 74.1. The van der Waals surface area contributed by atoms with Crippen molar-refractivity contribution in [1.82, 2.24) is 44.4 Å². The summed E-state index contributed by atoms with van der Waals surface area (Å²) in [5, 5.41) is 5.16. The standard InChI is InChI=1S/C33H36ClN3O6.C33H36ClN3O5.C32H33ClFN3O5/c1-39-24-6-8-25(9-7-24)43-33(38)37-14-12-26-27-21-23(34)5-10-28(27)35-31(26)32(37)22-4-11-29(30(20-22)40-2)42-17-3-13-36-15-18-41-19-16-36;1-22-4-8-25(9-5-22)42-33(38)37-14-12-26-27-21-24(34)7-10-28(27)35-31(26)32(37)23-6-11-29(30(20-23)39-2)41-17-3-13-36-15-18-40-19-16-36;1-39-29-19-21(3-10-28(29)41-16-2-12-36-14-17-40-18-15-36)31-30-25(26-20-22(33)4-9-27(26)35-30)11-13-37(31)32(38)42-24-7-5-23(34)6-8-24/h4-11,20-21,32,35H,3,12-19H2,1-2H3;4-11,20-21,32,35H,3,12-19H2,1-2H3;3-10,19-20,31,35H,2,11-18H2,1H3. The van der Waals surface area contributed by atoms with Crippen LogP contribution in [0.1, 0.15) is 93.4 Å². The minimum absolute atomic E-state index is 0.271. The van der Waals surface area contributed by atoms with E-state index in [1.165, 1.54) is 24.3 Å². The SMILES string of the molecule is COc1cc(C2c3[nH]c4ccc(Cl)cc4c3CCN2C(=O)Oc2ccc(C)cc2)ccc1OCCCN1CCOCC1.COc1cc(C2c3[nH]c4ccc(Cl)cc4c3CCN2C(=O)Oc2ccc(F)cc2)ccc1OCCCN1CCOCC1.COc1ccc(OC(=O)N2CCc3c([nH]c4ccc(Cl)cc34)C2c2ccc(OCCCN3CCOCC3)c(OC)c2)cc1. The van der Waals surface area contributed by atoms with Crippen molar-refractivity contribution in [3.63, 3.8) is 0 Å². The van der Waals surface area contributed by atoms with Crippen molar-refractivity contribution in [2.24, 2.45) is 0 Å². The second-order valence-corrected chi connectivity index (χ2v) is 33.2. The Labute approximate surface area is 752 Å². The van der Waals surface area contributed by atoms with Gasteiger partial charge in [-0.25, -0.2) is 18.8 Å². The molecule has 3 saturated heterocycles. The number of aromatic amines is 3. The first-order valence-electron chi connectivity index (χ1n) is 43.2. The van der Waals surface area contributed by atoms with Gasteiger partial charge in [0.1, 0.15) is 46.9 Å². The molecule has 3 N–H and O–H groups in total. The van der Waals surface area contributed by atoms with Gasteiger partial charge in [0.15, 0.2) is 34.5 Å². The van der Waals surface area contributed by atoms with Crippen molar-refractivity contribution in [2.75, 3.05) is 166 Å². The monoisotopic (exact) mass is 1790 g/mol. The summed E-state index contributed by atoms with van der Waals surface area (Å²) in [5.41, 5.74) is 12.7. The number of nitrogens with one attached hydrogen (secondary N) is 3. The van der Waals surface area contributed by atoms with Crippen LogP contribution in [-0.2, 0) is 33.5 Å². The van der Waals surface area contributed by atoms with Crippen LogP contribution in [-0.4, -0.2) is 229 Å². The quantitative estimate of drug-likeness (QED) is 0.0451. The number of amides is 3. The van der Waals surface area contributed by atoms with Gasteiger partial charge in [0, 0.05) is 143 Å². The molecule has 0 aliphatic carbocycles. The Morgan fingerprint density at radius 2 is 0.661 bits per heavy atom. The summed E-state index contributed by atoms with van der Waals surface area (Å²) < 4.78 is 88.0. The third-order valence-corrected chi connectivity index (χ3v) is 24.6. The Morgan fingerprint density at radius 3 is 0.969 bits per heavy atom. The Hall–Kier alpha value is -11.4. The number of halogens is 4. The molecule has 18 rings (SSSR count). The van der Waals surface area contributed by atoms with E-state index >= 15 is 0 Å². The van der Waals surface area contributed by atoms with Gasteiger partial charge in [-0.05, 0) is 230 Å². The number of aryl methyl sites for hydroxylation is 1. The number of nitrogens with zero attached hydrogens (tertiary/aromatic N) is 6. The van der Waals surface area contributed by atoms with E-state index < -0.39 is 42.2 Å². The van der Waals surface area contributed by atoms with Crippen LogP contribution in [0.3, 0.4) is 0 Å². The highest BCUT2D eigenvalue weighted by Crippen LogP contribution is 2.47. The Morgan fingerprint density at radius 1 is 0.362 bits per heavy atom. The van der Waals surface area contributed by atoms with E-state index in [-0.39, 0.29) is 5.75 Å². The molecule has 29 heteroatoms. The number of fused-ring (bicyclic) bond motifs is 9. The Balaban J connectivity index is 0.000000140. The van der Waals surface area contributed by atoms with Crippen molar-refractivity contribution in [3.8, 4) is 57.5 Å². The highest BCUT2D eigenvalue weighted by Gasteiger charge is 2.41. The van der Waals surface area contributed by atoms with Crippen molar-refractivity contribution in [2.45, 2.75) is 63.6 Å². The lowest BCUT2D eigenvalue weighted by molar-refractivity contribution is 0.0357. The van der Waals surface area contributed by atoms with Gasteiger partial charge in [0.25, 0.3) is 0 Å². The fourth-order valence-corrected chi connectivity index (χ4v) is 18.0. The molecule has 3 atom stereocenters. The highest BCUT2D eigenvalue weighted by atomic mass is 35.5. The van der Waals surface area contributed by atoms with Crippen molar-refractivity contribution >= 4 is 85.8 Å². The van der Waals surface area contributed by atoms with Gasteiger partial charge in [0.05, 0.1) is 87.9 Å². The molecular formula is C98H105Cl3FN9O16. The first kappa shape index (κ1) is 89.0. The predicted molar refractivity (Wildman–Crippen MR) is 486 cm³/mol. The second-order valence-electron chi connectivity index (χ2n) is 31.9. The molecule has 666 valence electrons. The normalized spacial score (nSPS) is 17.1. The maximum atomic E-state index is 13.7. The van der Waals surface area contributed by atoms with Crippen molar-refractivity contribution in [3.05, 3.63) is 259 Å². The van der Waals surface area contributed by atoms with E-state index in [0.29, 0.717) is 126 Å². The molecule has 25 nitrogen and oxygen atoms in total. The number of hydrogen-bond acceptors (Lipinski definition) is 19. The molecule has 6 aliphatic heterocycles. The number of morpholine rings is 3. The lowest BCUT2D eigenvalue weighted by atomic mass is 9.92. The molecule has 3 unspecified atom stereocenters. The number of benzene rings is 9. The van der Waals surface area contributed by atoms with Crippen LogP contribution in [0.2, 0.25) is 15.1 Å². The van der Waals surface area contributed by atoms with Crippen LogP contribution in [0.15, 0.2) is 182 Å². The Kier molecular flexibility index (Phi) is 29.4. The summed E-state index contributed by atoms with van der Waals surface area (Å²) in [6.45, 7) is 18.4. The van der Waals surface area contributed by atoms with E-state index in [9.17, 15) is 18.8 Å². The largest absolute Gasteiger partial charge is 0.497 e. The van der Waals surface area contributed by atoms with E-state index in [1.807, 2.05) is 140 Å². The molecule has 6 aliphatic rings. The summed E-state index contributed by atoms with van der Waals surface area (Å²) in [7, 11) is 6.48. The van der Waals surface area contributed by atoms with Gasteiger partial charge in [0.2, 0.25) is 0 Å². The minimum Gasteiger partial charge on any atom is -0.497 e. The molecule has 3 amide bonds. The molecule has 9 heterocycles. The van der Waals surface area contributed by atoms with Crippen molar-refractivity contribution in [1.29, 1.82) is 0 Å². The molecule has 3 aromatic heterocycles. The summed E-state index contributed by atoms with van der Waals surface area (Å²) in [6.07, 6.45) is 3.27. The summed E-state index contributed by atoms with van der Waals surface area (Å²) in [6, 6.07) is 53.4. The smallest absolute Gasteiger partial charge is 0.416 e. The molecule has 3 fully saturated rings. The van der Waals surface area contributed by atoms with Gasteiger partial charge in [-0.1, -0.05) is 70.7 Å². The molecule has 9 aromatic carbocycles. The van der Waals surface area contributed by atoms with Crippen LogP contribution >= 0.6 is 34.8 Å². The number of carbonyl (C=O) groups is 3.